The molecule has 0 aliphatic rings. The van der Waals surface area contributed by atoms with E-state index in [-0.39, 0.29) is 5.75 Å². The van der Waals surface area contributed by atoms with Crippen LogP contribution in [0.5, 0.6) is 0 Å². The van der Waals surface area contributed by atoms with E-state index in [9.17, 15) is 13.2 Å². The monoisotopic (exact) mass is 164 g/mol. The van der Waals surface area contributed by atoms with Crippen molar-refractivity contribution in [3.05, 3.63) is 11.5 Å². The molecule has 0 radical (unpaired) electrons. The zero-order chi connectivity index (χ0) is 8.36. The number of hydrogen-bond donors (Lipinski definition) is 1. The lowest BCUT2D eigenvalue weighted by Crippen LogP contribution is -2.13. The van der Waals surface area contributed by atoms with Crippen molar-refractivity contribution < 1.29 is 18.3 Å². The number of carboxylic acid groups (broad SMARTS) is 1. The Labute approximate surface area is 59.1 Å². The maximum Gasteiger partial charge on any atom is 0.346 e. The van der Waals surface area contributed by atoms with Gasteiger partial charge >= 0.3 is 5.97 Å². The van der Waals surface area contributed by atoms with Gasteiger partial charge in [0, 0.05) is 0 Å². The summed E-state index contributed by atoms with van der Waals surface area (Å²) in [6.07, 6.45) is 0. The molecule has 0 rings (SSSR count). The van der Waals surface area contributed by atoms with Crippen LogP contribution in [0, 0.1) is 0 Å². The largest absolute Gasteiger partial charge is 0.477 e. The van der Waals surface area contributed by atoms with E-state index in [2.05, 4.69) is 6.58 Å². The molecular formula is C5H8O4S. The lowest BCUT2D eigenvalue weighted by Gasteiger charge is -1.96. The summed E-state index contributed by atoms with van der Waals surface area (Å²) in [4.78, 5) is 9.29. The predicted octanol–water partition coefficient (Wildman–Crippen LogP) is 0.0194. The first-order valence-corrected chi connectivity index (χ1v) is 4.22. The van der Waals surface area contributed by atoms with Crippen LogP contribution in [0.4, 0.5) is 0 Å². The Bertz CT molecular complexity index is 249. The van der Waals surface area contributed by atoms with E-state index in [4.69, 9.17) is 5.11 Å². The highest BCUT2D eigenvalue weighted by Gasteiger charge is 2.18. The molecule has 0 bridgehead atoms. The molecule has 4 nitrogen and oxygen atoms in total. The van der Waals surface area contributed by atoms with Crippen LogP contribution in [0.2, 0.25) is 0 Å². The van der Waals surface area contributed by atoms with Crippen molar-refractivity contribution >= 4 is 15.8 Å². The van der Waals surface area contributed by atoms with E-state index in [0.29, 0.717) is 0 Å². The van der Waals surface area contributed by atoms with Gasteiger partial charge in [-0.05, 0) is 0 Å². The molecule has 0 fully saturated rings. The van der Waals surface area contributed by atoms with Crippen molar-refractivity contribution in [3.63, 3.8) is 0 Å². The number of carboxylic acids is 1. The summed E-state index contributed by atoms with van der Waals surface area (Å²) in [6.45, 7) is 4.27. The van der Waals surface area contributed by atoms with E-state index in [1.54, 1.807) is 0 Å². The average molecular weight is 164 g/mol. The number of sulfone groups is 1. The van der Waals surface area contributed by atoms with Crippen LogP contribution in [-0.4, -0.2) is 25.2 Å². The molecule has 0 aliphatic carbocycles. The Morgan fingerprint density at radius 2 is 2.00 bits per heavy atom. The Balaban J connectivity index is 4.70. The summed E-state index contributed by atoms with van der Waals surface area (Å²) in [5.41, 5.74) is 0. The Morgan fingerprint density at radius 3 is 2.10 bits per heavy atom. The van der Waals surface area contributed by atoms with Gasteiger partial charge in [0.15, 0.2) is 9.84 Å². The van der Waals surface area contributed by atoms with Gasteiger partial charge < -0.3 is 5.11 Å². The second-order valence-electron chi connectivity index (χ2n) is 1.63. The van der Waals surface area contributed by atoms with Crippen LogP contribution in [-0.2, 0) is 14.6 Å². The zero-order valence-electron chi connectivity index (χ0n) is 5.49. The first-order valence-electron chi connectivity index (χ1n) is 2.56. The van der Waals surface area contributed by atoms with Crippen LogP contribution in [0.15, 0.2) is 11.5 Å². The molecule has 0 unspecified atom stereocenters. The van der Waals surface area contributed by atoms with Gasteiger partial charge in [-0.15, -0.1) is 0 Å². The molecule has 1 N–H and O–H groups in total. The molecule has 0 aromatic carbocycles. The van der Waals surface area contributed by atoms with Gasteiger partial charge in [0.05, 0.1) is 5.75 Å². The van der Waals surface area contributed by atoms with Crippen molar-refractivity contribution in [1.29, 1.82) is 0 Å². The van der Waals surface area contributed by atoms with E-state index < -0.39 is 20.7 Å². The molecule has 0 saturated carbocycles. The fourth-order valence-corrected chi connectivity index (χ4v) is 0.922. The number of aliphatic carboxylic acids is 1. The molecule has 0 amide bonds. The van der Waals surface area contributed by atoms with Gasteiger partial charge in [0.2, 0.25) is 0 Å². The Morgan fingerprint density at radius 1 is 1.60 bits per heavy atom. The third-order valence-corrected chi connectivity index (χ3v) is 2.68. The third-order valence-electron chi connectivity index (χ3n) is 0.994. The van der Waals surface area contributed by atoms with E-state index in [0.717, 1.165) is 0 Å². The minimum absolute atomic E-state index is 0.224. The molecule has 0 heterocycles. The molecule has 10 heavy (non-hydrogen) atoms. The van der Waals surface area contributed by atoms with Crippen LogP contribution in [0.1, 0.15) is 6.92 Å². The highest BCUT2D eigenvalue weighted by atomic mass is 32.2. The van der Waals surface area contributed by atoms with Crippen LogP contribution in [0.3, 0.4) is 0 Å². The van der Waals surface area contributed by atoms with E-state index >= 15 is 0 Å². The van der Waals surface area contributed by atoms with Crippen molar-refractivity contribution in [2.45, 2.75) is 6.92 Å². The first-order chi connectivity index (χ1) is 4.41. The van der Waals surface area contributed by atoms with Crippen molar-refractivity contribution in [2.24, 2.45) is 0 Å². The predicted molar refractivity (Wildman–Crippen MR) is 36.2 cm³/mol. The minimum atomic E-state index is -3.59. The van der Waals surface area contributed by atoms with Crippen molar-refractivity contribution in [2.75, 3.05) is 5.75 Å². The van der Waals surface area contributed by atoms with Crippen LogP contribution >= 0.6 is 0 Å². The minimum Gasteiger partial charge on any atom is -0.477 e. The Kier molecular flexibility index (Phi) is 2.59. The van der Waals surface area contributed by atoms with E-state index in [1.165, 1.54) is 6.92 Å². The van der Waals surface area contributed by atoms with Gasteiger partial charge in [-0.2, -0.15) is 0 Å². The standard InChI is InChI=1S/C5H8O4S/c1-3-10(8,9)4(2)5(6)7/h2-3H2,1H3,(H,6,7). The smallest absolute Gasteiger partial charge is 0.346 e. The molecule has 5 heteroatoms. The van der Waals surface area contributed by atoms with Gasteiger partial charge in [0.25, 0.3) is 0 Å². The fraction of sp³-hybridized carbons (Fsp3) is 0.400. The molecular weight excluding hydrogens is 156 g/mol. The SMILES string of the molecule is C=C(C(=O)O)S(=O)(=O)CC. The Hall–Kier alpha value is -0.840. The quantitative estimate of drug-likeness (QED) is 0.597. The molecule has 0 spiro atoms. The van der Waals surface area contributed by atoms with Gasteiger partial charge in [-0.3, -0.25) is 0 Å². The number of hydrogen-bond acceptors (Lipinski definition) is 3. The number of rotatable bonds is 3. The van der Waals surface area contributed by atoms with Gasteiger partial charge in [-0.25, -0.2) is 13.2 Å². The maximum absolute atomic E-state index is 10.7. The van der Waals surface area contributed by atoms with Gasteiger partial charge in [0.1, 0.15) is 4.91 Å². The highest BCUT2D eigenvalue weighted by molar-refractivity contribution is 7.96. The van der Waals surface area contributed by atoms with Crippen molar-refractivity contribution in [1.82, 2.24) is 0 Å². The summed E-state index contributed by atoms with van der Waals surface area (Å²) >= 11 is 0. The molecule has 0 aromatic heterocycles. The van der Waals surface area contributed by atoms with Crippen LogP contribution in [0.25, 0.3) is 0 Å². The highest BCUT2D eigenvalue weighted by Crippen LogP contribution is 2.03. The van der Waals surface area contributed by atoms with Crippen molar-refractivity contribution in [3.8, 4) is 0 Å². The maximum atomic E-state index is 10.7. The molecule has 0 aromatic rings. The second kappa shape index (κ2) is 2.83. The lowest BCUT2D eigenvalue weighted by molar-refractivity contribution is -0.131. The third kappa shape index (κ3) is 1.84. The molecule has 0 saturated heterocycles. The lowest BCUT2D eigenvalue weighted by atomic mass is 10.7. The summed E-state index contributed by atoms with van der Waals surface area (Å²) < 4.78 is 21.3. The number of carbonyl (C=O) groups is 1. The fourth-order valence-electron chi connectivity index (χ4n) is 0.307. The molecule has 0 atom stereocenters. The summed E-state index contributed by atoms with van der Waals surface area (Å²) in [7, 11) is -3.59. The molecule has 0 aliphatic heterocycles. The average Bonchev–Trinajstić information content (AvgIpc) is 1.86. The van der Waals surface area contributed by atoms with Gasteiger partial charge in [-0.1, -0.05) is 13.5 Å². The van der Waals surface area contributed by atoms with E-state index in [1.807, 2.05) is 0 Å². The molecule has 58 valence electrons. The zero-order valence-corrected chi connectivity index (χ0v) is 6.31. The summed E-state index contributed by atoms with van der Waals surface area (Å²) in [5.74, 6) is -1.71. The first kappa shape index (κ1) is 9.16. The second-order valence-corrected chi connectivity index (χ2v) is 3.93. The summed E-state index contributed by atoms with van der Waals surface area (Å²) in [6, 6.07) is 0. The van der Waals surface area contributed by atoms with Crippen LogP contribution < -0.4 is 0 Å². The summed E-state index contributed by atoms with van der Waals surface area (Å²) in [5, 5.41) is 8.17. The topological polar surface area (TPSA) is 71.4 Å². The normalized spacial score (nSPS) is 10.9.